The minimum absolute atomic E-state index is 0.00471. The van der Waals surface area contributed by atoms with Crippen molar-refractivity contribution in [1.82, 2.24) is 15.1 Å². The van der Waals surface area contributed by atoms with E-state index in [1.54, 1.807) is 4.90 Å². The van der Waals surface area contributed by atoms with E-state index >= 15 is 0 Å². The van der Waals surface area contributed by atoms with Gasteiger partial charge in [0, 0.05) is 40.6 Å². The van der Waals surface area contributed by atoms with Gasteiger partial charge in [0.15, 0.2) is 0 Å². The van der Waals surface area contributed by atoms with E-state index in [4.69, 9.17) is 0 Å². The Labute approximate surface area is 175 Å². The number of halogens is 1. The van der Waals surface area contributed by atoms with Gasteiger partial charge >= 0.3 is 0 Å². The molecule has 5 nitrogen and oxygen atoms in total. The zero-order valence-corrected chi connectivity index (χ0v) is 17.8. The first kappa shape index (κ1) is 18.6. The number of nitrogens with zero attached hydrogens (tertiary/aromatic N) is 2. The highest BCUT2D eigenvalue weighted by atomic mass is 79.9. The van der Waals surface area contributed by atoms with Crippen LogP contribution in [-0.2, 0) is 10.2 Å². The zero-order valence-electron chi connectivity index (χ0n) is 16.3. The van der Waals surface area contributed by atoms with E-state index in [9.17, 15) is 9.59 Å². The highest BCUT2D eigenvalue weighted by Crippen LogP contribution is 2.52. The summed E-state index contributed by atoms with van der Waals surface area (Å²) in [6, 6.07) is 6.87. The van der Waals surface area contributed by atoms with Crippen molar-refractivity contribution in [2.24, 2.45) is 0 Å². The molecule has 2 saturated carbocycles. The number of carbonyl (C=O) groups is 2. The van der Waals surface area contributed by atoms with Crippen LogP contribution in [0.25, 0.3) is 0 Å². The molecular weight excluding hydrogens is 418 g/mol. The van der Waals surface area contributed by atoms with Gasteiger partial charge in [-0.3, -0.25) is 14.5 Å². The number of carbonyl (C=O) groups excluding carboxylic acids is 2. The molecule has 2 aliphatic heterocycles. The van der Waals surface area contributed by atoms with Crippen LogP contribution in [0.5, 0.6) is 0 Å². The van der Waals surface area contributed by atoms with E-state index < -0.39 is 0 Å². The molecule has 2 amide bonds. The largest absolute Gasteiger partial charge is 0.351 e. The molecule has 3 fully saturated rings. The number of amides is 2. The van der Waals surface area contributed by atoms with Crippen molar-refractivity contribution >= 4 is 27.7 Å². The van der Waals surface area contributed by atoms with E-state index in [0.29, 0.717) is 6.54 Å². The number of fused-ring (bicyclic) bond motifs is 2. The monoisotopic (exact) mass is 445 g/mol. The molecule has 6 heteroatoms. The van der Waals surface area contributed by atoms with Crippen LogP contribution >= 0.6 is 15.9 Å². The molecule has 150 valence electrons. The topological polar surface area (TPSA) is 52.7 Å². The smallest absolute Gasteiger partial charge is 0.254 e. The summed E-state index contributed by atoms with van der Waals surface area (Å²) < 4.78 is 1.02. The van der Waals surface area contributed by atoms with Crippen LogP contribution in [-0.4, -0.2) is 59.9 Å². The number of hydrogen-bond donors (Lipinski definition) is 1. The molecule has 2 heterocycles. The van der Waals surface area contributed by atoms with Crippen molar-refractivity contribution in [3.8, 4) is 0 Å². The maximum Gasteiger partial charge on any atom is 0.254 e. The summed E-state index contributed by atoms with van der Waals surface area (Å²) in [6.07, 6.45) is 8.34. The third-order valence-electron chi connectivity index (χ3n) is 7.16. The number of hydrogen-bond acceptors (Lipinski definition) is 3. The first-order valence-corrected chi connectivity index (χ1v) is 11.5. The van der Waals surface area contributed by atoms with Crippen LogP contribution in [0.2, 0.25) is 0 Å². The van der Waals surface area contributed by atoms with Crippen LogP contribution in [0, 0.1) is 0 Å². The molecule has 1 aromatic rings. The highest BCUT2D eigenvalue weighted by molar-refractivity contribution is 9.10. The fraction of sp³-hybridized carbons (Fsp3) is 0.636. The second-order valence-corrected chi connectivity index (χ2v) is 10.0. The maximum absolute atomic E-state index is 13.0. The van der Waals surface area contributed by atoms with E-state index in [2.05, 4.69) is 32.2 Å². The van der Waals surface area contributed by atoms with Gasteiger partial charge in [-0.05, 0) is 68.8 Å². The van der Waals surface area contributed by atoms with Crippen LogP contribution in [0.4, 0.5) is 0 Å². The lowest BCUT2D eigenvalue weighted by atomic mass is 9.86. The molecule has 28 heavy (non-hydrogen) atoms. The van der Waals surface area contributed by atoms with Crippen molar-refractivity contribution in [3.05, 3.63) is 33.8 Å². The zero-order chi connectivity index (χ0) is 19.3. The number of piperidine rings is 1. The lowest BCUT2D eigenvalue weighted by Crippen LogP contribution is -2.55. The molecule has 5 rings (SSSR count). The van der Waals surface area contributed by atoms with Gasteiger partial charge in [-0.25, -0.2) is 0 Å². The standard InChI is InChI=1S/C22H28BrN3O2/c23-15-6-7-18-19(11-15)22(8-9-22)14-26(21(18)28)13-20(27)24-16-3-2-10-25(12-16)17-4-1-5-17/h6-7,11,16-17H,1-5,8-10,12-14H2,(H,24,27)/t16-/m1/s1. The van der Waals surface area contributed by atoms with Gasteiger partial charge in [0.25, 0.3) is 5.91 Å². The van der Waals surface area contributed by atoms with Gasteiger partial charge in [0.05, 0.1) is 6.54 Å². The molecule has 4 aliphatic rings. The third kappa shape index (κ3) is 3.39. The molecule has 0 bridgehead atoms. The first-order chi connectivity index (χ1) is 13.5. The average molecular weight is 446 g/mol. The average Bonchev–Trinajstić information content (AvgIpc) is 3.39. The Balaban J connectivity index is 1.23. The van der Waals surface area contributed by atoms with Crippen LogP contribution in [0.15, 0.2) is 22.7 Å². The number of benzene rings is 1. The molecule has 0 aromatic heterocycles. The quantitative estimate of drug-likeness (QED) is 0.774. The summed E-state index contributed by atoms with van der Waals surface area (Å²) in [5.41, 5.74) is 2.00. The summed E-state index contributed by atoms with van der Waals surface area (Å²) >= 11 is 3.53. The third-order valence-corrected chi connectivity index (χ3v) is 7.65. The second kappa shape index (κ2) is 7.13. The maximum atomic E-state index is 13.0. The Hall–Kier alpha value is -1.40. The molecule has 1 aromatic carbocycles. The fourth-order valence-electron chi connectivity index (χ4n) is 5.19. The fourth-order valence-corrected chi connectivity index (χ4v) is 5.56. The number of nitrogens with one attached hydrogen (secondary N) is 1. The molecule has 1 spiro atoms. The van der Waals surface area contributed by atoms with Gasteiger partial charge in [-0.15, -0.1) is 0 Å². The lowest BCUT2D eigenvalue weighted by Gasteiger charge is -2.42. The van der Waals surface area contributed by atoms with Crippen molar-refractivity contribution in [3.63, 3.8) is 0 Å². The van der Waals surface area contributed by atoms with Crippen molar-refractivity contribution in [2.45, 2.75) is 62.4 Å². The lowest BCUT2D eigenvalue weighted by molar-refractivity contribution is -0.123. The normalized spacial score (nSPS) is 26.7. The predicted octanol–water partition coefficient (Wildman–Crippen LogP) is 3.07. The van der Waals surface area contributed by atoms with Gasteiger partial charge in [0.2, 0.25) is 5.91 Å². The SMILES string of the molecule is O=C(CN1CC2(CC2)c2cc(Br)ccc2C1=O)N[C@@H]1CCCN(C2CCC2)C1. The van der Waals surface area contributed by atoms with E-state index in [0.717, 1.165) is 60.4 Å². The minimum Gasteiger partial charge on any atom is -0.351 e. The summed E-state index contributed by atoms with van der Waals surface area (Å²) in [7, 11) is 0. The predicted molar refractivity (Wildman–Crippen MR) is 111 cm³/mol. The Morgan fingerprint density at radius 1 is 1.21 bits per heavy atom. The number of rotatable bonds is 4. The molecule has 0 unspecified atom stereocenters. The summed E-state index contributed by atoms with van der Waals surface area (Å²) in [6.45, 7) is 2.97. The van der Waals surface area contributed by atoms with E-state index in [-0.39, 0.29) is 29.8 Å². The van der Waals surface area contributed by atoms with Gasteiger partial charge < -0.3 is 10.2 Å². The second-order valence-electron chi connectivity index (χ2n) is 9.12. The van der Waals surface area contributed by atoms with E-state index in [1.165, 1.54) is 19.3 Å². The molecule has 1 N–H and O–H groups in total. The van der Waals surface area contributed by atoms with E-state index in [1.807, 2.05) is 12.1 Å². The Kier molecular flexibility index (Phi) is 4.74. The summed E-state index contributed by atoms with van der Waals surface area (Å²) in [5.74, 6) is -0.0138. The number of likely N-dealkylation sites (tertiary alicyclic amines) is 1. The van der Waals surface area contributed by atoms with Crippen LogP contribution in [0.1, 0.15) is 60.9 Å². The molecule has 1 saturated heterocycles. The van der Waals surface area contributed by atoms with Gasteiger partial charge in [-0.1, -0.05) is 22.4 Å². The van der Waals surface area contributed by atoms with Crippen molar-refractivity contribution < 1.29 is 9.59 Å². The Morgan fingerprint density at radius 2 is 2.04 bits per heavy atom. The van der Waals surface area contributed by atoms with Gasteiger partial charge in [0.1, 0.15) is 0 Å². The van der Waals surface area contributed by atoms with Gasteiger partial charge in [-0.2, -0.15) is 0 Å². The molecule has 2 aliphatic carbocycles. The Morgan fingerprint density at radius 3 is 2.75 bits per heavy atom. The molecule has 0 radical (unpaired) electrons. The molecule has 1 atom stereocenters. The molecular formula is C22H28BrN3O2. The van der Waals surface area contributed by atoms with Crippen molar-refractivity contribution in [2.75, 3.05) is 26.2 Å². The Bertz CT molecular complexity index is 803. The minimum atomic E-state index is -0.00910. The van der Waals surface area contributed by atoms with Crippen molar-refractivity contribution in [1.29, 1.82) is 0 Å². The van der Waals surface area contributed by atoms with Crippen LogP contribution < -0.4 is 5.32 Å². The summed E-state index contributed by atoms with van der Waals surface area (Å²) in [4.78, 5) is 30.1. The first-order valence-electron chi connectivity index (χ1n) is 10.7. The summed E-state index contributed by atoms with van der Waals surface area (Å²) in [5, 5.41) is 3.22. The highest BCUT2D eigenvalue weighted by Gasteiger charge is 2.51. The van der Waals surface area contributed by atoms with Crippen LogP contribution in [0.3, 0.4) is 0 Å².